The molecule has 3 N–H and O–H groups in total. The molecular formula is C12H21BrN4O. The van der Waals surface area contributed by atoms with Gasteiger partial charge < -0.3 is 15.7 Å². The van der Waals surface area contributed by atoms with Crippen molar-refractivity contribution in [1.82, 2.24) is 9.97 Å². The van der Waals surface area contributed by atoms with Crippen molar-refractivity contribution in [3.05, 3.63) is 10.8 Å². The van der Waals surface area contributed by atoms with Gasteiger partial charge in [-0.2, -0.15) is 0 Å². The molecule has 0 bridgehead atoms. The molecule has 1 aromatic heterocycles. The molecule has 1 aromatic rings. The quantitative estimate of drug-likeness (QED) is 0.778. The molecule has 1 atom stereocenters. The number of aliphatic hydroxyl groups excluding tert-OH is 1. The van der Waals surface area contributed by atoms with Gasteiger partial charge in [0.05, 0.1) is 0 Å². The Hall–Kier alpha value is -0.880. The molecule has 1 rings (SSSR count). The highest BCUT2D eigenvalue weighted by Gasteiger charge is 2.25. The van der Waals surface area contributed by atoms with Crippen molar-refractivity contribution < 1.29 is 5.11 Å². The third-order valence-corrected chi connectivity index (χ3v) is 3.55. The molecule has 0 aliphatic heterocycles. The van der Waals surface area contributed by atoms with Crippen molar-refractivity contribution in [2.75, 3.05) is 24.3 Å². The van der Waals surface area contributed by atoms with Gasteiger partial charge in [-0.05, 0) is 27.8 Å². The van der Waals surface area contributed by atoms with Crippen molar-refractivity contribution in [3.63, 3.8) is 0 Å². The molecular weight excluding hydrogens is 296 g/mol. The lowest BCUT2D eigenvalue weighted by molar-refractivity contribution is 0.235. The summed E-state index contributed by atoms with van der Waals surface area (Å²) in [6, 6.07) is 0.137. The minimum Gasteiger partial charge on any atom is -0.396 e. The van der Waals surface area contributed by atoms with E-state index in [1.54, 1.807) is 0 Å². The van der Waals surface area contributed by atoms with Crippen LogP contribution >= 0.6 is 15.9 Å². The van der Waals surface area contributed by atoms with E-state index in [2.05, 4.69) is 57.3 Å². The normalized spacial score (nSPS) is 13.2. The molecule has 1 heterocycles. The Balaban J connectivity index is 2.94. The minimum atomic E-state index is 0.0346. The predicted molar refractivity (Wildman–Crippen MR) is 77.8 cm³/mol. The molecule has 0 aromatic carbocycles. The van der Waals surface area contributed by atoms with E-state index in [1.165, 1.54) is 6.33 Å². The monoisotopic (exact) mass is 316 g/mol. The zero-order valence-electron chi connectivity index (χ0n) is 11.3. The topological polar surface area (TPSA) is 70.1 Å². The van der Waals surface area contributed by atoms with Crippen LogP contribution in [0.5, 0.6) is 0 Å². The standard InChI is InChI=1S/C12H21BrN4O/c1-12(2,3)8(5-6-18)17-11-9(13)10(14-4)15-7-16-11/h7-8,18H,5-6H2,1-4H3,(H2,14,15,16,17). The number of halogens is 1. The number of aliphatic hydroxyl groups is 1. The summed E-state index contributed by atoms with van der Waals surface area (Å²) in [6.07, 6.45) is 2.19. The lowest BCUT2D eigenvalue weighted by Gasteiger charge is -2.31. The molecule has 102 valence electrons. The summed E-state index contributed by atoms with van der Waals surface area (Å²) in [5.74, 6) is 1.48. The highest BCUT2D eigenvalue weighted by atomic mass is 79.9. The average Bonchev–Trinajstić information content (AvgIpc) is 2.29. The Morgan fingerprint density at radius 3 is 2.44 bits per heavy atom. The number of aromatic nitrogens is 2. The highest BCUT2D eigenvalue weighted by molar-refractivity contribution is 9.10. The number of hydrogen-bond acceptors (Lipinski definition) is 5. The summed E-state index contributed by atoms with van der Waals surface area (Å²) in [5.41, 5.74) is 0.0346. The van der Waals surface area contributed by atoms with Gasteiger partial charge in [-0.15, -0.1) is 0 Å². The predicted octanol–water partition coefficient (Wildman–Crippen LogP) is 2.49. The van der Waals surface area contributed by atoms with Crippen LogP contribution in [-0.4, -0.2) is 34.8 Å². The number of rotatable bonds is 5. The minimum absolute atomic E-state index is 0.0346. The van der Waals surface area contributed by atoms with E-state index < -0.39 is 0 Å². The smallest absolute Gasteiger partial charge is 0.146 e. The summed E-state index contributed by atoms with van der Waals surface area (Å²) in [6.45, 7) is 6.55. The summed E-state index contributed by atoms with van der Waals surface area (Å²) in [5, 5.41) is 15.5. The molecule has 0 radical (unpaired) electrons. The van der Waals surface area contributed by atoms with E-state index in [-0.39, 0.29) is 18.1 Å². The second kappa shape index (κ2) is 6.33. The van der Waals surface area contributed by atoms with E-state index in [0.29, 0.717) is 6.42 Å². The van der Waals surface area contributed by atoms with Gasteiger partial charge in [-0.1, -0.05) is 20.8 Å². The Morgan fingerprint density at radius 2 is 1.94 bits per heavy atom. The van der Waals surface area contributed by atoms with Crippen LogP contribution in [0, 0.1) is 5.41 Å². The van der Waals surface area contributed by atoms with Gasteiger partial charge in [-0.25, -0.2) is 9.97 Å². The zero-order valence-corrected chi connectivity index (χ0v) is 12.9. The van der Waals surface area contributed by atoms with Crippen LogP contribution in [0.3, 0.4) is 0 Å². The second-order valence-corrected chi connectivity index (χ2v) is 6.00. The molecule has 0 spiro atoms. The highest BCUT2D eigenvalue weighted by Crippen LogP contribution is 2.30. The molecule has 0 amide bonds. The van der Waals surface area contributed by atoms with Crippen molar-refractivity contribution in [3.8, 4) is 0 Å². The van der Waals surface area contributed by atoms with Crippen LogP contribution in [0.4, 0.5) is 11.6 Å². The SMILES string of the molecule is CNc1ncnc(NC(CCO)C(C)(C)C)c1Br. The summed E-state index contributed by atoms with van der Waals surface area (Å²) in [4.78, 5) is 8.35. The first-order valence-corrected chi connectivity index (χ1v) is 6.75. The van der Waals surface area contributed by atoms with Crippen LogP contribution in [0.1, 0.15) is 27.2 Å². The molecule has 0 fully saturated rings. The van der Waals surface area contributed by atoms with Gasteiger partial charge in [-0.3, -0.25) is 0 Å². The van der Waals surface area contributed by atoms with Crippen LogP contribution in [0.2, 0.25) is 0 Å². The van der Waals surface area contributed by atoms with Crippen molar-refractivity contribution in [1.29, 1.82) is 0 Å². The Bertz CT molecular complexity index is 392. The molecule has 6 heteroatoms. The van der Waals surface area contributed by atoms with Gasteiger partial charge >= 0.3 is 0 Å². The van der Waals surface area contributed by atoms with E-state index in [9.17, 15) is 0 Å². The molecule has 0 saturated carbocycles. The first-order valence-electron chi connectivity index (χ1n) is 5.95. The zero-order chi connectivity index (χ0) is 13.8. The molecule has 0 aliphatic carbocycles. The Kier molecular flexibility index (Phi) is 5.34. The van der Waals surface area contributed by atoms with E-state index in [4.69, 9.17) is 5.11 Å². The van der Waals surface area contributed by atoms with Gasteiger partial charge in [0.25, 0.3) is 0 Å². The lowest BCUT2D eigenvalue weighted by atomic mass is 9.85. The number of anilines is 2. The lowest BCUT2D eigenvalue weighted by Crippen LogP contribution is -2.35. The van der Waals surface area contributed by atoms with E-state index in [0.717, 1.165) is 16.1 Å². The van der Waals surface area contributed by atoms with Crippen molar-refractivity contribution in [2.24, 2.45) is 5.41 Å². The number of hydrogen-bond donors (Lipinski definition) is 3. The van der Waals surface area contributed by atoms with Gasteiger partial charge in [0, 0.05) is 19.7 Å². The van der Waals surface area contributed by atoms with Crippen LogP contribution < -0.4 is 10.6 Å². The third-order valence-electron chi connectivity index (χ3n) is 2.80. The maximum atomic E-state index is 9.15. The van der Waals surface area contributed by atoms with E-state index >= 15 is 0 Å². The van der Waals surface area contributed by atoms with Crippen molar-refractivity contribution >= 4 is 27.6 Å². The summed E-state index contributed by atoms with van der Waals surface area (Å²) >= 11 is 3.48. The molecule has 1 unspecified atom stereocenters. The number of nitrogens with one attached hydrogen (secondary N) is 2. The van der Waals surface area contributed by atoms with E-state index in [1.807, 2.05) is 7.05 Å². The fourth-order valence-electron chi connectivity index (χ4n) is 1.66. The van der Waals surface area contributed by atoms with Crippen LogP contribution in [0.15, 0.2) is 10.8 Å². The Morgan fingerprint density at radius 1 is 1.33 bits per heavy atom. The fraction of sp³-hybridized carbons (Fsp3) is 0.667. The molecule has 18 heavy (non-hydrogen) atoms. The van der Waals surface area contributed by atoms with Crippen molar-refractivity contribution in [2.45, 2.75) is 33.2 Å². The van der Waals surface area contributed by atoms with Crippen LogP contribution in [0.25, 0.3) is 0 Å². The van der Waals surface area contributed by atoms with Gasteiger partial charge in [0.1, 0.15) is 22.4 Å². The first-order chi connectivity index (χ1) is 8.40. The van der Waals surface area contributed by atoms with Crippen LogP contribution in [-0.2, 0) is 0 Å². The van der Waals surface area contributed by atoms with Gasteiger partial charge in [0.2, 0.25) is 0 Å². The maximum Gasteiger partial charge on any atom is 0.146 e. The molecule has 0 aliphatic rings. The summed E-state index contributed by atoms with van der Waals surface area (Å²) < 4.78 is 0.805. The largest absolute Gasteiger partial charge is 0.396 e. The Labute approximate surface area is 117 Å². The van der Waals surface area contributed by atoms with Gasteiger partial charge in [0.15, 0.2) is 0 Å². The maximum absolute atomic E-state index is 9.15. The number of nitrogens with zero attached hydrogens (tertiary/aromatic N) is 2. The average molecular weight is 317 g/mol. The fourth-order valence-corrected chi connectivity index (χ4v) is 2.18. The molecule has 5 nitrogen and oxygen atoms in total. The third kappa shape index (κ3) is 3.81. The summed E-state index contributed by atoms with van der Waals surface area (Å²) in [7, 11) is 1.81. The molecule has 0 saturated heterocycles. The first kappa shape index (κ1) is 15.2. The second-order valence-electron chi connectivity index (χ2n) is 5.21.